The molecule has 98 valence electrons. The molecule has 0 saturated carbocycles. The predicted molar refractivity (Wildman–Crippen MR) is 78.7 cm³/mol. The smallest absolute Gasteiger partial charge is 0.138 e. The minimum Gasteiger partial charge on any atom is -0.456 e. The van der Waals surface area contributed by atoms with Crippen LogP contribution in [0.4, 0.5) is 0 Å². The third-order valence-electron chi connectivity index (χ3n) is 2.60. The number of benzene rings is 2. The quantitative estimate of drug-likeness (QED) is 0.652. The van der Waals surface area contributed by atoms with E-state index < -0.39 is 0 Å². The lowest BCUT2D eigenvalue weighted by Crippen LogP contribution is -2.12. The van der Waals surface area contributed by atoms with Gasteiger partial charge in [0.1, 0.15) is 17.3 Å². The van der Waals surface area contributed by atoms with Crippen molar-refractivity contribution in [2.24, 2.45) is 5.73 Å². The summed E-state index contributed by atoms with van der Waals surface area (Å²) < 4.78 is 5.77. The molecule has 5 heteroatoms. The van der Waals surface area contributed by atoms with Crippen LogP contribution < -0.4 is 10.5 Å². The Kier molecular flexibility index (Phi) is 3.98. The maximum Gasteiger partial charge on any atom is 0.138 e. The zero-order valence-corrected chi connectivity index (χ0v) is 11.7. The molecule has 0 amide bonds. The summed E-state index contributed by atoms with van der Waals surface area (Å²) in [5, 5.41) is 8.63. The maximum absolute atomic E-state index is 7.55. The zero-order chi connectivity index (χ0) is 14.0. The number of hydrogen-bond donors (Lipinski definition) is 2. The number of nitrogen functional groups attached to an aromatic ring is 1. The lowest BCUT2D eigenvalue weighted by atomic mass is 10.1. The molecule has 0 spiro atoms. The average Bonchev–Trinajstić information content (AvgIpc) is 2.35. The zero-order valence-electron chi connectivity index (χ0n) is 10.2. The fraction of sp³-hybridized carbons (Fsp3) is 0.0714. The molecule has 2 rings (SSSR count). The van der Waals surface area contributed by atoms with Crippen molar-refractivity contribution in [3.8, 4) is 11.5 Å². The molecule has 0 atom stereocenters. The summed E-state index contributed by atoms with van der Waals surface area (Å²) in [5.41, 5.74) is 6.91. The number of amidine groups is 1. The third-order valence-corrected chi connectivity index (χ3v) is 3.07. The van der Waals surface area contributed by atoms with Crippen LogP contribution in [0.2, 0.25) is 10.0 Å². The molecule has 0 bridgehead atoms. The molecule has 0 saturated heterocycles. The topological polar surface area (TPSA) is 59.1 Å². The fourth-order valence-corrected chi connectivity index (χ4v) is 1.94. The van der Waals surface area contributed by atoms with E-state index in [9.17, 15) is 0 Å². The number of rotatable bonds is 3. The van der Waals surface area contributed by atoms with Crippen molar-refractivity contribution in [1.82, 2.24) is 0 Å². The minimum absolute atomic E-state index is 0.0998. The molecule has 0 aromatic heterocycles. The molecule has 0 fully saturated rings. The first-order chi connectivity index (χ1) is 8.97. The summed E-state index contributed by atoms with van der Waals surface area (Å²) in [4.78, 5) is 0. The molecule has 19 heavy (non-hydrogen) atoms. The molecule has 0 unspecified atom stereocenters. The largest absolute Gasteiger partial charge is 0.456 e. The number of nitrogens with one attached hydrogen (secondary N) is 1. The first-order valence-corrected chi connectivity index (χ1v) is 6.31. The Morgan fingerprint density at radius 2 is 1.68 bits per heavy atom. The Labute approximate surface area is 121 Å². The van der Waals surface area contributed by atoms with Gasteiger partial charge in [-0.15, -0.1) is 0 Å². The van der Waals surface area contributed by atoms with Crippen LogP contribution in [0.1, 0.15) is 11.1 Å². The van der Waals surface area contributed by atoms with Crippen LogP contribution in [0, 0.1) is 12.3 Å². The van der Waals surface area contributed by atoms with E-state index in [1.165, 1.54) is 0 Å². The lowest BCUT2D eigenvalue weighted by molar-refractivity contribution is 0.478. The van der Waals surface area contributed by atoms with Crippen LogP contribution in [0.5, 0.6) is 11.5 Å². The SMILES string of the molecule is Cc1ccc(Cl)cc1Oc1ccc(Cl)cc1C(=N)N. The van der Waals surface area contributed by atoms with E-state index in [0.717, 1.165) is 5.56 Å². The summed E-state index contributed by atoms with van der Waals surface area (Å²) >= 11 is 11.8. The molecule has 0 aliphatic rings. The van der Waals surface area contributed by atoms with Crippen molar-refractivity contribution in [3.63, 3.8) is 0 Å². The molecule has 0 aliphatic heterocycles. The van der Waals surface area contributed by atoms with Gasteiger partial charge >= 0.3 is 0 Å². The Morgan fingerprint density at radius 1 is 1.05 bits per heavy atom. The Balaban J connectivity index is 2.43. The van der Waals surface area contributed by atoms with Gasteiger partial charge in [-0.05, 0) is 42.8 Å². The number of halogens is 2. The fourth-order valence-electron chi connectivity index (χ4n) is 1.60. The van der Waals surface area contributed by atoms with E-state index in [0.29, 0.717) is 27.1 Å². The van der Waals surface area contributed by atoms with Gasteiger partial charge in [-0.1, -0.05) is 29.3 Å². The molecule has 0 aliphatic carbocycles. The Hall–Kier alpha value is -1.71. The van der Waals surface area contributed by atoms with E-state index in [1.807, 2.05) is 13.0 Å². The van der Waals surface area contributed by atoms with Gasteiger partial charge in [-0.3, -0.25) is 5.41 Å². The minimum atomic E-state index is -0.0998. The first-order valence-electron chi connectivity index (χ1n) is 5.55. The number of hydrogen-bond acceptors (Lipinski definition) is 2. The van der Waals surface area contributed by atoms with Crippen LogP contribution in [0.15, 0.2) is 36.4 Å². The van der Waals surface area contributed by atoms with E-state index >= 15 is 0 Å². The van der Waals surface area contributed by atoms with Crippen LogP contribution >= 0.6 is 23.2 Å². The van der Waals surface area contributed by atoms with E-state index in [2.05, 4.69) is 0 Å². The van der Waals surface area contributed by atoms with Crippen LogP contribution in [-0.2, 0) is 0 Å². The van der Waals surface area contributed by atoms with Gasteiger partial charge in [-0.2, -0.15) is 0 Å². The number of aryl methyl sites for hydroxylation is 1. The van der Waals surface area contributed by atoms with Crippen LogP contribution in [-0.4, -0.2) is 5.84 Å². The van der Waals surface area contributed by atoms with Crippen molar-refractivity contribution >= 4 is 29.0 Å². The van der Waals surface area contributed by atoms with Gasteiger partial charge < -0.3 is 10.5 Å². The Morgan fingerprint density at radius 3 is 2.37 bits per heavy atom. The summed E-state index contributed by atoms with van der Waals surface area (Å²) in [7, 11) is 0. The van der Waals surface area contributed by atoms with Crippen molar-refractivity contribution in [3.05, 3.63) is 57.6 Å². The summed E-state index contributed by atoms with van der Waals surface area (Å²) in [5.74, 6) is 0.997. The maximum atomic E-state index is 7.55. The summed E-state index contributed by atoms with van der Waals surface area (Å²) in [6.07, 6.45) is 0. The molecule has 0 radical (unpaired) electrons. The van der Waals surface area contributed by atoms with Crippen molar-refractivity contribution < 1.29 is 4.74 Å². The summed E-state index contributed by atoms with van der Waals surface area (Å²) in [6, 6.07) is 10.3. The summed E-state index contributed by atoms with van der Waals surface area (Å²) in [6.45, 7) is 1.91. The van der Waals surface area contributed by atoms with Crippen molar-refractivity contribution in [1.29, 1.82) is 5.41 Å². The van der Waals surface area contributed by atoms with Crippen LogP contribution in [0.25, 0.3) is 0 Å². The second-order valence-corrected chi connectivity index (χ2v) is 4.94. The molecule has 3 N–H and O–H groups in total. The standard InChI is InChI=1S/C14H12Cl2N2O/c1-8-2-3-10(16)7-13(8)19-12-5-4-9(15)6-11(12)14(17)18/h2-7H,1H3,(H3,17,18). The average molecular weight is 295 g/mol. The highest BCUT2D eigenvalue weighted by Gasteiger charge is 2.10. The van der Waals surface area contributed by atoms with E-state index in [1.54, 1.807) is 30.3 Å². The van der Waals surface area contributed by atoms with E-state index in [-0.39, 0.29) is 5.84 Å². The molecule has 2 aromatic rings. The number of nitrogens with two attached hydrogens (primary N) is 1. The highest BCUT2D eigenvalue weighted by atomic mass is 35.5. The highest BCUT2D eigenvalue weighted by molar-refractivity contribution is 6.31. The lowest BCUT2D eigenvalue weighted by Gasteiger charge is -2.12. The number of ether oxygens (including phenoxy) is 1. The van der Waals surface area contributed by atoms with Crippen molar-refractivity contribution in [2.75, 3.05) is 0 Å². The molecule has 3 nitrogen and oxygen atoms in total. The van der Waals surface area contributed by atoms with Gasteiger partial charge in [0, 0.05) is 10.0 Å². The van der Waals surface area contributed by atoms with Crippen molar-refractivity contribution in [2.45, 2.75) is 6.92 Å². The Bertz CT molecular complexity index is 641. The van der Waals surface area contributed by atoms with Gasteiger partial charge in [0.15, 0.2) is 0 Å². The first kappa shape index (κ1) is 13.7. The van der Waals surface area contributed by atoms with Gasteiger partial charge in [0.05, 0.1) is 5.56 Å². The van der Waals surface area contributed by atoms with Gasteiger partial charge in [-0.25, -0.2) is 0 Å². The molecule has 2 aromatic carbocycles. The monoisotopic (exact) mass is 294 g/mol. The van der Waals surface area contributed by atoms with Crippen LogP contribution in [0.3, 0.4) is 0 Å². The predicted octanol–water partition coefficient (Wildman–Crippen LogP) is 4.38. The molecular weight excluding hydrogens is 283 g/mol. The second kappa shape index (κ2) is 5.51. The highest BCUT2D eigenvalue weighted by Crippen LogP contribution is 2.31. The van der Waals surface area contributed by atoms with Gasteiger partial charge in [0.25, 0.3) is 0 Å². The molecule has 0 heterocycles. The van der Waals surface area contributed by atoms with E-state index in [4.69, 9.17) is 39.1 Å². The normalized spacial score (nSPS) is 10.3. The second-order valence-electron chi connectivity index (χ2n) is 4.07. The van der Waals surface area contributed by atoms with Gasteiger partial charge in [0.2, 0.25) is 0 Å². The third kappa shape index (κ3) is 3.19. The molecular formula is C14H12Cl2N2O.